The Hall–Kier alpha value is -2.17. The van der Waals surface area contributed by atoms with E-state index in [0.717, 1.165) is 5.69 Å². The third-order valence-electron chi connectivity index (χ3n) is 1.93. The van der Waals surface area contributed by atoms with Crippen LogP contribution in [0.25, 0.3) is 0 Å². The van der Waals surface area contributed by atoms with Gasteiger partial charge in [-0.25, -0.2) is 14.4 Å². The summed E-state index contributed by atoms with van der Waals surface area (Å²) in [5.74, 6) is -0.482. The highest BCUT2D eigenvalue weighted by atomic mass is 19.1. The number of nitrogens with two attached hydrogens (primary N) is 1. The Kier molecular flexibility index (Phi) is 2.68. The van der Waals surface area contributed by atoms with Gasteiger partial charge in [0, 0.05) is 23.6 Å². The maximum absolute atomic E-state index is 13.4. The number of benzene rings is 1. The molecule has 2 N–H and O–H groups in total. The molecule has 16 heavy (non-hydrogen) atoms. The second-order valence-electron chi connectivity index (χ2n) is 3.27. The van der Waals surface area contributed by atoms with E-state index < -0.39 is 5.82 Å². The number of nitrogen functional groups attached to an aromatic ring is 1. The molecule has 5 heteroatoms. The van der Waals surface area contributed by atoms with Crippen molar-refractivity contribution in [2.75, 3.05) is 5.73 Å². The Balaban J connectivity index is 2.27. The van der Waals surface area contributed by atoms with E-state index in [1.165, 1.54) is 12.1 Å². The van der Waals surface area contributed by atoms with Crippen LogP contribution in [-0.4, -0.2) is 9.97 Å². The third-order valence-corrected chi connectivity index (χ3v) is 1.93. The van der Waals surface area contributed by atoms with Crippen molar-refractivity contribution >= 4 is 5.69 Å². The predicted molar refractivity (Wildman–Crippen MR) is 57.7 cm³/mol. The first-order valence-corrected chi connectivity index (χ1v) is 4.67. The number of aromatic nitrogens is 2. The van der Waals surface area contributed by atoms with Crippen LogP contribution in [0.15, 0.2) is 30.5 Å². The molecule has 0 aliphatic carbocycles. The first-order chi connectivity index (χ1) is 7.65. The Bertz CT molecular complexity index is 516. The van der Waals surface area contributed by atoms with Crippen LogP contribution >= 0.6 is 0 Å². The molecule has 0 atom stereocenters. The molecule has 1 heterocycles. The Morgan fingerprint density at radius 1 is 1.31 bits per heavy atom. The highest BCUT2D eigenvalue weighted by Gasteiger charge is 2.06. The van der Waals surface area contributed by atoms with E-state index in [9.17, 15) is 4.39 Å². The SMILES string of the molecule is Cc1ccnc(Oc2ccc(N)cc2F)n1. The van der Waals surface area contributed by atoms with Gasteiger partial charge in [-0.2, -0.15) is 0 Å². The van der Waals surface area contributed by atoms with Gasteiger partial charge >= 0.3 is 6.01 Å². The number of aryl methyl sites for hydroxylation is 1. The van der Waals surface area contributed by atoms with Crippen molar-refractivity contribution < 1.29 is 9.13 Å². The number of hydrogen-bond donors (Lipinski definition) is 1. The van der Waals surface area contributed by atoms with Gasteiger partial charge < -0.3 is 10.5 Å². The van der Waals surface area contributed by atoms with Crippen molar-refractivity contribution in [1.29, 1.82) is 0 Å². The van der Waals surface area contributed by atoms with Crippen molar-refractivity contribution in [3.05, 3.63) is 42.0 Å². The normalized spacial score (nSPS) is 10.1. The molecule has 0 bridgehead atoms. The number of ether oxygens (including phenoxy) is 1. The van der Waals surface area contributed by atoms with Gasteiger partial charge in [-0.3, -0.25) is 0 Å². The summed E-state index contributed by atoms with van der Waals surface area (Å²) < 4.78 is 18.6. The molecule has 0 aliphatic rings. The summed E-state index contributed by atoms with van der Waals surface area (Å²) in [5.41, 5.74) is 6.51. The topological polar surface area (TPSA) is 61.0 Å². The minimum Gasteiger partial charge on any atom is -0.421 e. The number of halogens is 1. The summed E-state index contributed by atoms with van der Waals surface area (Å²) in [7, 11) is 0. The van der Waals surface area contributed by atoms with E-state index in [1.54, 1.807) is 25.3 Å². The summed E-state index contributed by atoms with van der Waals surface area (Å²) in [6.07, 6.45) is 1.55. The average molecular weight is 219 g/mol. The van der Waals surface area contributed by atoms with Crippen LogP contribution in [0.4, 0.5) is 10.1 Å². The average Bonchev–Trinajstić information content (AvgIpc) is 2.22. The van der Waals surface area contributed by atoms with Gasteiger partial charge in [-0.1, -0.05) is 0 Å². The highest BCUT2D eigenvalue weighted by Crippen LogP contribution is 2.23. The molecule has 0 unspecified atom stereocenters. The van der Waals surface area contributed by atoms with Crippen molar-refractivity contribution in [2.45, 2.75) is 6.92 Å². The minimum absolute atomic E-state index is 0.0554. The fourth-order valence-electron chi connectivity index (χ4n) is 1.17. The van der Waals surface area contributed by atoms with Gasteiger partial charge in [0.2, 0.25) is 0 Å². The second-order valence-corrected chi connectivity index (χ2v) is 3.27. The molecule has 1 aromatic heterocycles. The molecular weight excluding hydrogens is 209 g/mol. The Morgan fingerprint density at radius 3 is 2.81 bits per heavy atom. The standard InChI is InChI=1S/C11H10FN3O/c1-7-4-5-14-11(15-7)16-10-3-2-8(13)6-9(10)12/h2-6H,13H2,1H3. The fraction of sp³-hybridized carbons (Fsp3) is 0.0909. The zero-order valence-corrected chi connectivity index (χ0v) is 8.64. The van der Waals surface area contributed by atoms with E-state index in [4.69, 9.17) is 10.5 Å². The lowest BCUT2D eigenvalue weighted by molar-refractivity contribution is 0.410. The largest absolute Gasteiger partial charge is 0.421 e. The van der Waals surface area contributed by atoms with Crippen LogP contribution in [0.5, 0.6) is 11.8 Å². The lowest BCUT2D eigenvalue weighted by Gasteiger charge is -2.05. The van der Waals surface area contributed by atoms with Crippen molar-refractivity contribution in [3.8, 4) is 11.8 Å². The Morgan fingerprint density at radius 2 is 2.12 bits per heavy atom. The summed E-state index contributed by atoms with van der Waals surface area (Å²) in [6, 6.07) is 6.02. The first kappa shape index (κ1) is 10.4. The number of anilines is 1. The van der Waals surface area contributed by atoms with Gasteiger partial charge in [0.05, 0.1) is 0 Å². The molecule has 0 spiro atoms. The van der Waals surface area contributed by atoms with Crippen molar-refractivity contribution in [2.24, 2.45) is 0 Å². The van der Waals surface area contributed by atoms with Gasteiger partial charge in [-0.05, 0) is 25.1 Å². The van der Waals surface area contributed by atoms with Crippen LogP contribution in [0.1, 0.15) is 5.69 Å². The summed E-state index contributed by atoms with van der Waals surface area (Å²) >= 11 is 0. The summed E-state index contributed by atoms with van der Waals surface area (Å²) in [6.45, 7) is 1.80. The fourth-order valence-corrected chi connectivity index (χ4v) is 1.17. The van der Waals surface area contributed by atoms with Crippen LogP contribution in [0, 0.1) is 12.7 Å². The molecule has 1 aromatic carbocycles. The molecule has 0 saturated carbocycles. The van der Waals surface area contributed by atoms with E-state index in [0.29, 0.717) is 5.69 Å². The maximum Gasteiger partial charge on any atom is 0.322 e. The molecular formula is C11H10FN3O. The smallest absolute Gasteiger partial charge is 0.322 e. The zero-order valence-electron chi connectivity index (χ0n) is 8.64. The van der Waals surface area contributed by atoms with Gasteiger partial charge in [-0.15, -0.1) is 0 Å². The van der Waals surface area contributed by atoms with Crippen molar-refractivity contribution in [3.63, 3.8) is 0 Å². The van der Waals surface area contributed by atoms with Crippen LogP contribution in [-0.2, 0) is 0 Å². The van der Waals surface area contributed by atoms with E-state index in [2.05, 4.69) is 9.97 Å². The van der Waals surface area contributed by atoms with Gasteiger partial charge in [0.15, 0.2) is 11.6 Å². The molecule has 2 aromatic rings. The van der Waals surface area contributed by atoms with E-state index in [1.807, 2.05) is 0 Å². The quantitative estimate of drug-likeness (QED) is 0.787. The lowest BCUT2D eigenvalue weighted by Crippen LogP contribution is -1.95. The monoisotopic (exact) mass is 219 g/mol. The van der Waals surface area contributed by atoms with Gasteiger partial charge in [0.25, 0.3) is 0 Å². The van der Waals surface area contributed by atoms with Crippen LogP contribution in [0.2, 0.25) is 0 Å². The zero-order chi connectivity index (χ0) is 11.5. The first-order valence-electron chi connectivity index (χ1n) is 4.67. The second kappa shape index (κ2) is 4.14. The minimum atomic E-state index is -0.537. The molecule has 0 saturated heterocycles. The third kappa shape index (κ3) is 2.25. The van der Waals surface area contributed by atoms with Crippen LogP contribution < -0.4 is 10.5 Å². The highest BCUT2D eigenvalue weighted by molar-refractivity contribution is 5.43. The number of hydrogen-bond acceptors (Lipinski definition) is 4. The predicted octanol–water partition coefficient (Wildman–Crippen LogP) is 2.30. The molecule has 2 rings (SSSR count). The molecule has 0 radical (unpaired) electrons. The van der Waals surface area contributed by atoms with E-state index in [-0.39, 0.29) is 11.8 Å². The molecule has 0 amide bonds. The lowest BCUT2D eigenvalue weighted by atomic mass is 10.3. The van der Waals surface area contributed by atoms with Crippen molar-refractivity contribution in [1.82, 2.24) is 9.97 Å². The summed E-state index contributed by atoms with van der Waals surface area (Å²) in [5, 5.41) is 0. The molecule has 82 valence electrons. The number of rotatable bonds is 2. The Labute approximate surface area is 91.9 Å². The van der Waals surface area contributed by atoms with E-state index >= 15 is 0 Å². The van der Waals surface area contributed by atoms with Gasteiger partial charge in [0.1, 0.15) is 0 Å². The molecule has 0 aliphatic heterocycles. The molecule has 4 nitrogen and oxygen atoms in total. The molecule has 0 fully saturated rings. The maximum atomic E-state index is 13.4. The summed E-state index contributed by atoms with van der Waals surface area (Å²) in [4.78, 5) is 7.87. The number of nitrogens with zero attached hydrogens (tertiary/aromatic N) is 2. The van der Waals surface area contributed by atoms with Crippen LogP contribution in [0.3, 0.4) is 0 Å².